The molecular formula is C33H36BBrO3. The number of aliphatic hydroxyl groups is 1. The molecule has 5 rings (SSSR count). The number of rotatable bonds is 5. The summed E-state index contributed by atoms with van der Waals surface area (Å²) in [7, 11) is -0.394. The number of benzene rings is 4. The van der Waals surface area contributed by atoms with E-state index in [1.807, 2.05) is 42.5 Å². The Bertz CT molecular complexity index is 1350. The first-order valence-electron chi connectivity index (χ1n) is 13.1. The molecule has 0 bridgehead atoms. The van der Waals surface area contributed by atoms with Crippen LogP contribution in [0.4, 0.5) is 0 Å². The molecule has 0 unspecified atom stereocenters. The van der Waals surface area contributed by atoms with Gasteiger partial charge in [0, 0.05) is 4.47 Å². The van der Waals surface area contributed by atoms with Crippen LogP contribution >= 0.6 is 15.9 Å². The zero-order valence-electron chi connectivity index (χ0n) is 22.9. The van der Waals surface area contributed by atoms with Gasteiger partial charge in [-0.15, -0.1) is 0 Å². The Balaban J connectivity index is 0.000000194. The maximum Gasteiger partial charge on any atom is 0.495 e. The Morgan fingerprint density at radius 3 is 1.89 bits per heavy atom. The third-order valence-corrected chi connectivity index (χ3v) is 7.93. The molecule has 1 saturated heterocycles. The van der Waals surface area contributed by atoms with Crippen LogP contribution in [-0.2, 0) is 22.3 Å². The van der Waals surface area contributed by atoms with Crippen LogP contribution in [0.5, 0.6) is 0 Å². The fourth-order valence-electron chi connectivity index (χ4n) is 4.39. The lowest BCUT2D eigenvalue weighted by atomic mass is 9.74. The molecule has 4 aromatic rings. The first kappa shape index (κ1) is 28.3. The lowest BCUT2D eigenvalue weighted by molar-refractivity contribution is 0.00578. The number of aliphatic hydroxyl groups excluding tert-OH is 1. The van der Waals surface area contributed by atoms with Crippen molar-refractivity contribution in [1.29, 1.82) is 0 Å². The first-order chi connectivity index (χ1) is 18.1. The van der Waals surface area contributed by atoms with Crippen LogP contribution in [0, 0.1) is 0 Å². The normalized spacial score (nSPS) is 15.6. The molecule has 1 N–H and O–H groups in total. The van der Waals surface area contributed by atoms with Crippen LogP contribution in [0.1, 0.15) is 45.7 Å². The molecule has 196 valence electrons. The smallest absolute Gasteiger partial charge is 0.399 e. The van der Waals surface area contributed by atoms with Crippen LogP contribution in [0.2, 0.25) is 0 Å². The standard InChI is InChI=1S/C19H23BO3.C14H13Br/c1-18(2)19(3,4)23-20(22-18)17-11-6-5-10-16(17)15-9-7-8-14(12-15)13-21;1-2-11-4-3-5-13(10-11)12-6-8-14(15)9-7-12/h5-12,21H,13H2,1-4H3;3-10H,2H2,1H3. The second kappa shape index (κ2) is 12.0. The molecule has 3 nitrogen and oxygen atoms in total. The number of hydrogen-bond acceptors (Lipinski definition) is 3. The molecule has 0 atom stereocenters. The Kier molecular flexibility index (Phi) is 8.94. The minimum absolute atomic E-state index is 0.0342. The predicted molar refractivity (Wildman–Crippen MR) is 162 cm³/mol. The molecule has 0 saturated carbocycles. The van der Waals surface area contributed by atoms with Crippen molar-refractivity contribution >= 4 is 28.5 Å². The minimum Gasteiger partial charge on any atom is -0.399 e. The molecule has 0 aromatic heterocycles. The summed E-state index contributed by atoms with van der Waals surface area (Å²) in [4.78, 5) is 0. The van der Waals surface area contributed by atoms with E-state index in [0.29, 0.717) is 0 Å². The summed E-state index contributed by atoms with van der Waals surface area (Å²) in [6, 6.07) is 33.2. The zero-order valence-corrected chi connectivity index (χ0v) is 24.5. The van der Waals surface area contributed by atoms with Crippen LogP contribution in [0.25, 0.3) is 22.3 Å². The van der Waals surface area contributed by atoms with Crippen LogP contribution in [0.15, 0.2) is 102 Å². The molecule has 38 heavy (non-hydrogen) atoms. The second-order valence-electron chi connectivity index (χ2n) is 10.6. The lowest BCUT2D eigenvalue weighted by Gasteiger charge is -2.32. The van der Waals surface area contributed by atoms with Gasteiger partial charge in [0.2, 0.25) is 0 Å². The average molecular weight is 571 g/mol. The quantitative estimate of drug-likeness (QED) is 0.248. The van der Waals surface area contributed by atoms with Crippen molar-refractivity contribution in [3.8, 4) is 22.3 Å². The maximum absolute atomic E-state index is 9.38. The summed E-state index contributed by atoms with van der Waals surface area (Å²) in [6.07, 6.45) is 1.09. The average Bonchev–Trinajstić information content (AvgIpc) is 3.15. The Labute approximate surface area is 236 Å². The predicted octanol–water partition coefficient (Wildman–Crippen LogP) is 7.82. The van der Waals surface area contributed by atoms with Gasteiger partial charge in [0.25, 0.3) is 0 Å². The molecule has 1 fully saturated rings. The van der Waals surface area contributed by atoms with E-state index in [0.717, 1.165) is 33.0 Å². The van der Waals surface area contributed by atoms with E-state index in [9.17, 15) is 5.11 Å². The van der Waals surface area contributed by atoms with E-state index in [-0.39, 0.29) is 17.8 Å². The molecule has 1 aliphatic rings. The number of aryl methyl sites for hydroxylation is 1. The number of halogens is 1. The third-order valence-electron chi connectivity index (χ3n) is 7.40. The van der Waals surface area contributed by atoms with E-state index >= 15 is 0 Å². The van der Waals surface area contributed by atoms with Gasteiger partial charge in [-0.1, -0.05) is 102 Å². The van der Waals surface area contributed by atoms with Gasteiger partial charge in [0.05, 0.1) is 17.8 Å². The van der Waals surface area contributed by atoms with Gasteiger partial charge < -0.3 is 14.4 Å². The molecule has 5 heteroatoms. The molecule has 0 spiro atoms. The maximum atomic E-state index is 9.38. The lowest BCUT2D eigenvalue weighted by Crippen LogP contribution is -2.41. The minimum atomic E-state index is -0.394. The van der Waals surface area contributed by atoms with Gasteiger partial charge in [-0.3, -0.25) is 0 Å². The van der Waals surface area contributed by atoms with E-state index in [4.69, 9.17) is 9.31 Å². The van der Waals surface area contributed by atoms with Crippen molar-refractivity contribution in [2.45, 2.75) is 58.8 Å². The molecule has 0 amide bonds. The highest BCUT2D eigenvalue weighted by atomic mass is 79.9. The van der Waals surface area contributed by atoms with E-state index < -0.39 is 7.12 Å². The van der Waals surface area contributed by atoms with E-state index in [2.05, 4.69) is 105 Å². The SMILES string of the molecule is CC1(C)OB(c2ccccc2-c2cccc(CO)c2)OC1(C)C.CCc1cccc(-c2ccc(Br)cc2)c1. The van der Waals surface area contributed by atoms with Gasteiger partial charge in [0.15, 0.2) is 0 Å². The summed E-state index contributed by atoms with van der Waals surface area (Å²) in [6.45, 7) is 10.4. The van der Waals surface area contributed by atoms with Crippen LogP contribution < -0.4 is 5.46 Å². The van der Waals surface area contributed by atoms with Crippen molar-refractivity contribution < 1.29 is 14.4 Å². The molecule has 1 aliphatic heterocycles. The van der Waals surface area contributed by atoms with Crippen molar-refractivity contribution in [3.05, 3.63) is 113 Å². The van der Waals surface area contributed by atoms with Gasteiger partial charge in [-0.25, -0.2) is 0 Å². The molecular weight excluding hydrogens is 535 g/mol. The molecule has 0 aliphatic carbocycles. The van der Waals surface area contributed by atoms with Gasteiger partial charge in [-0.05, 0) is 91.2 Å². The van der Waals surface area contributed by atoms with E-state index in [1.165, 1.54) is 16.7 Å². The summed E-state index contributed by atoms with van der Waals surface area (Å²) in [5, 5.41) is 9.38. The highest BCUT2D eigenvalue weighted by Gasteiger charge is 2.52. The molecule has 4 aromatic carbocycles. The fraction of sp³-hybridized carbons (Fsp3) is 0.273. The third kappa shape index (κ3) is 6.47. The van der Waals surface area contributed by atoms with Gasteiger partial charge in [-0.2, -0.15) is 0 Å². The second-order valence-corrected chi connectivity index (χ2v) is 11.5. The van der Waals surface area contributed by atoms with E-state index in [1.54, 1.807) is 0 Å². The Morgan fingerprint density at radius 2 is 1.26 bits per heavy atom. The molecule has 1 heterocycles. The largest absolute Gasteiger partial charge is 0.495 e. The van der Waals surface area contributed by atoms with Gasteiger partial charge in [0.1, 0.15) is 0 Å². The summed E-state index contributed by atoms with van der Waals surface area (Å²) in [5.41, 5.74) is 7.26. The number of hydrogen-bond donors (Lipinski definition) is 1. The fourth-order valence-corrected chi connectivity index (χ4v) is 4.65. The van der Waals surface area contributed by atoms with Crippen LogP contribution in [-0.4, -0.2) is 23.4 Å². The van der Waals surface area contributed by atoms with Gasteiger partial charge >= 0.3 is 7.12 Å². The van der Waals surface area contributed by atoms with Crippen molar-refractivity contribution in [2.75, 3.05) is 0 Å². The Hall–Kier alpha value is -2.70. The topological polar surface area (TPSA) is 38.7 Å². The van der Waals surface area contributed by atoms with Crippen molar-refractivity contribution in [3.63, 3.8) is 0 Å². The summed E-state index contributed by atoms with van der Waals surface area (Å²) in [5.74, 6) is 0. The molecule has 0 radical (unpaired) electrons. The summed E-state index contributed by atoms with van der Waals surface area (Å²) < 4.78 is 13.5. The highest BCUT2D eigenvalue weighted by molar-refractivity contribution is 9.10. The highest BCUT2D eigenvalue weighted by Crippen LogP contribution is 2.37. The van der Waals surface area contributed by atoms with Crippen molar-refractivity contribution in [1.82, 2.24) is 0 Å². The monoisotopic (exact) mass is 570 g/mol. The van der Waals surface area contributed by atoms with Crippen LogP contribution in [0.3, 0.4) is 0 Å². The summed E-state index contributed by atoms with van der Waals surface area (Å²) >= 11 is 3.45. The zero-order chi connectivity index (χ0) is 27.3. The Morgan fingerprint density at radius 1 is 0.684 bits per heavy atom. The first-order valence-corrected chi connectivity index (χ1v) is 13.9. The van der Waals surface area contributed by atoms with Crippen molar-refractivity contribution in [2.24, 2.45) is 0 Å².